The highest BCUT2D eigenvalue weighted by atomic mass is 32.2. The topological polar surface area (TPSA) is 50.1 Å². The van der Waals surface area contributed by atoms with Crippen molar-refractivity contribution in [2.45, 2.75) is 25.7 Å². The lowest BCUT2D eigenvalue weighted by Crippen LogP contribution is -2.13. The first-order chi connectivity index (χ1) is 8.11. The number of ether oxygens (including phenoxy) is 1. The maximum atomic E-state index is 11.3. The molecule has 0 atom stereocenters. The van der Waals surface area contributed by atoms with Gasteiger partial charge in [0.25, 0.3) is 0 Å². The lowest BCUT2D eigenvalue weighted by Gasteiger charge is -2.07. The SMILES string of the molecule is CC(C)OC(=O)CSCc1ccc(C#N)cc1. The molecule has 0 saturated carbocycles. The van der Waals surface area contributed by atoms with E-state index < -0.39 is 0 Å². The van der Waals surface area contributed by atoms with Gasteiger partial charge < -0.3 is 4.74 Å². The summed E-state index contributed by atoms with van der Waals surface area (Å²) >= 11 is 1.51. The van der Waals surface area contributed by atoms with Crippen molar-refractivity contribution in [3.05, 3.63) is 35.4 Å². The van der Waals surface area contributed by atoms with Gasteiger partial charge in [0.2, 0.25) is 0 Å². The van der Waals surface area contributed by atoms with Crippen LogP contribution in [0.1, 0.15) is 25.0 Å². The highest BCUT2D eigenvalue weighted by Gasteiger charge is 2.05. The molecule has 90 valence electrons. The zero-order valence-corrected chi connectivity index (χ0v) is 10.8. The normalized spacial score (nSPS) is 10.0. The Balaban J connectivity index is 2.31. The van der Waals surface area contributed by atoms with Gasteiger partial charge in [0.05, 0.1) is 23.5 Å². The molecule has 17 heavy (non-hydrogen) atoms. The zero-order chi connectivity index (χ0) is 12.7. The van der Waals surface area contributed by atoms with E-state index in [0.717, 1.165) is 11.3 Å². The number of rotatable bonds is 5. The minimum Gasteiger partial charge on any atom is -0.462 e. The molecule has 0 saturated heterocycles. The summed E-state index contributed by atoms with van der Waals surface area (Å²) < 4.78 is 5.02. The molecule has 0 bridgehead atoms. The van der Waals surface area contributed by atoms with Gasteiger partial charge in [-0.1, -0.05) is 12.1 Å². The Labute approximate surface area is 106 Å². The molecule has 0 aromatic heterocycles. The van der Waals surface area contributed by atoms with Crippen LogP contribution in [0.4, 0.5) is 0 Å². The van der Waals surface area contributed by atoms with Crippen LogP contribution in [0.2, 0.25) is 0 Å². The van der Waals surface area contributed by atoms with Crippen LogP contribution in [-0.2, 0) is 15.3 Å². The van der Waals surface area contributed by atoms with Crippen LogP contribution in [-0.4, -0.2) is 17.8 Å². The predicted octanol–water partition coefficient (Wildman–Crippen LogP) is 2.74. The molecule has 0 aliphatic carbocycles. The van der Waals surface area contributed by atoms with Crippen LogP contribution in [0.15, 0.2) is 24.3 Å². The van der Waals surface area contributed by atoms with E-state index in [1.165, 1.54) is 11.8 Å². The van der Waals surface area contributed by atoms with Crippen molar-refractivity contribution in [2.24, 2.45) is 0 Å². The van der Waals surface area contributed by atoms with Crippen molar-refractivity contribution in [2.75, 3.05) is 5.75 Å². The third-order valence-electron chi connectivity index (χ3n) is 1.94. The van der Waals surface area contributed by atoms with Crippen molar-refractivity contribution in [1.82, 2.24) is 0 Å². The number of nitrogens with zero attached hydrogens (tertiary/aromatic N) is 1. The Hall–Kier alpha value is -1.47. The number of esters is 1. The molecule has 0 heterocycles. The number of thioether (sulfide) groups is 1. The van der Waals surface area contributed by atoms with Gasteiger partial charge in [-0.2, -0.15) is 5.26 Å². The van der Waals surface area contributed by atoms with Crippen LogP contribution in [0.3, 0.4) is 0 Å². The van der Waals surface area contributed by atoms with Crippen LogP contribution in [0.5, 0.6) is 0 Å². The Morgan fingerprint density at radius 1 is 1.41 bits per heavy atom. The van der Waals surface area contributed by atoms with Gasteiger partial charge in [0.15, 0.2) is 0 Å². The summed E-state index contributed by atoms with van der Waals surface area (Å²) in [5, 5.41) is 8.64. The number of nitriles is 1. The molecular weight excluding hydrogens is 234 g/mol. The van der Waals surface area contributed by atoms with E-state index in [4.69, 9.17) is 10.00 Å². The molecule has 1 aromatic rings. The van der Waals surface area contributed by atoms with E-state index in [1.807, 2.05) is 26.0 Å². The van der Waals surface area contributed by atoms with Gasteiger partial charge in [0.1, 0.15) is 0 Å². The average Bonchev–Trinajstić information content (AvgIpc) is 2.29. The maximum Gasteiger partial charge on any atom is 0.316 e. The van der Waals surface area contributed by atoms with Crippen molar-refractivity contribution < 1.29 is 9.53 Å². The third-order valence-corrected chi connectivity index (χ3v) is 2.92. The molecule has 3 nitrogen and oxygen atoms in total. The molecule has 0 aliphatic rings. The summed E-state index contributed by atoms with van der Waals surface area (Å²) in [7, 11) is 0. The Kier molecular flexibility index (Phi) is 5.58. The number of carbonyl (C=O) groups excluding carboxylic acids is 1. The maximum absolute atomic E-state index is 11.3. The molecular formula is C13H15NO2S. The van der Waals surface area contributed by atoms with Gasteiger partial charge in [-0.05, 0) is 31.5 Å². The largest absolute Gasteiger partial charge is 0.462 e. The second kappa shape index (κ2) is 6.97. The number of hydrogen-bond donors (Lipinski definition) is 0. The van der Waals surface area contributed by atoms with Gasteiger partial charge in [-0.15, -0.1) is 11.8 Å². The predicted molar refractivity (Wildman–Crippen MR) is 68.5 cm³/mol. The van der Waals surface area contributed by atoms with Gasteiger partial charge >= 0.3 is 5.97 Å². The first-order valence-electron chi connectivity index (χ1n) is 5.38. The Morgan fingerprint density at radius 3 is 2.59 bits per heavy atom. The van der Waals surface area contributed by atoms with Gasteiger partial charge in [0, 0.05) is 5.75 Å². The molecule has 1 rings (SSSR count). The van der Waals surface area contributed by atoms with Crippen LogP contribution < -0.4 is 0 Å². The van der Waals surface area contributed by atoms with E-state index >= 15 is 0 Å². The Bertz CT molecular complexity index is 406. The van der Waals surface area contributed by atoms with Crippen LogP contribution >= 0.6 is 11.8 Å². The highest BCUT2D eigenvalue weighted by molar-refractivity contribution is 7.99. The number of benzene rings is 1. The van der Waals surface area contributed by atoms with Gasteiger partial charge in [-0.25, -0.2) is 0 Å². The molecule has 1 aromatic carbocycles. The lowest BCUT2D eigenvalue weighted by molar-refractivity contribution is -0.144. The Morgan fingerprint density at radius 2 is 2.06 bits per heavy atom. The number of hydrogen-bond acceptors (Lipinski definition) is 4. The van der Waals surface area contributed by atoms with E-state index in [1.54, 1.807) is 12.1 Å². The first-order valence-corrected chi connectivity index (χ1v) is 6.53. The third kappa shape index (κ3) is 5.41. The second-order valence-electron chi connectivity index (χ2n) is 3.84. The second-order valence-corrected chi connectivity index (χ2v) is 4.83. The summed E-state index contributed by atoms with van der Waals surface area (Å²) in [5.74, 6) is 0.926. The quantitative estimate of drug-likeness (QED) is 0.753. The lowest BCUT2D eigenvalue weighted by atomic mass is 10.2. The fourth-order valence-corrected chi connectivity index (χ4v) is 1.99. The smallest absolute Gasteiger partial charge is 0.316 e. The van der Waals surface area contributed by atoms with Crippen molar-refractivity contribution in [3.63, 3.8) is 0 Å². The van der Waals surface area contributed by atoms with Crippen molar-refractivity contribution in [1.29, 1.82) is 5.26 Å². The fraction of sp³-hybridized carbons (Fsp3) is 0.385. The fourth-order valence-electron chi connectivity index (χ4n) is 1.22. The standard InChI is InChI=1S/C13H15NO2S/c1-10(2)16-13(15)9-17-8-12-5-3-11(7-14)4-6-12/h3-6,10H,8-9H2,1-2H3. The summed E-state index contributed by atoms with van der Waals surface area (Å²) in [6.07, 6.45) is -0.0574. The van der Waals surface area contributed by atoms with Gasteiger partial charge in [-0.3, -0.25) is 4.79 Å². The van der Waals surface area contributed by atoms with Crippen LogP contribution in [0.25, 0.3) is 0 Å². The molecule has 0 amide bonds. The summed E-state index contributed by atoms with van der Waals surface area (Å²) in [5.41, 5.74) is 1.75. The molecule has 0 unspecified atom stereocenters. The highest BCUT2D eigenvalue weighted by Crippen LogP contribution is 2.13. The molecule has 4 heteroatoms. The summed E-state index contributed by atoms with van der Waals surface area (Å²) in [4.78, 5) is 11.3. The summed E-state index contributed by atoms with van der Waals surface area (Å²) in [6, 6.07) is 9.43. The molecule has 0 fully saturated rings. The zero-order valence-electron chi connectivity index (χ0n) is 9.97. The van der Waals surface area contributed by atoms with Crippen LogP contribution in [0, 0.1) is 11.3 Å². The van der Waals surface area contributed by atoms with Crippen molar-refractivity contribution >= 4 is 17.7 Å². The van der Waals surface area contributed by atoms with Crippen molar-refractivity contribution in [3.8, 4) is 6.07 Å². The minimum absolute atomic E-state index is 0.0574. The monoisotopic (exact) mass is 249 g/mol. The van der Waals surface area contributed by atoms with E-state index in [9.17, 15) is 4.79 Å². The van der Waals surface area contributed by atoms with E-state index in [0.29, 0.717) is 11.3 Å². The van der Waals surface area contributed by atoms with E-state index in [-0.39, 0.29) is 12.1 Å². The number of carbonyl (C=O) groups is 1. The summed E-state index contributed by atoms with van der Waals surface area (Å²) in [6.45, 7) is 3.67. The molecule has 0 N–H and O–H groups in total. The van der Waals surface area contributed by atoms with E-state index in [2.05, 4.69) is 6.07 Å². The minimum atomic E-state index is -0.182. The first kappa shape index (κ1) is 13.6. The molecule has 0 radical (unpaired) electrons. The molecule has 0 aliphatic heterocycles. The molecule has 0 spiro atoms. The average molecular weight is 249 g/mol.